The van der Waals surface area contributed by atoms with Crippen LogP contribution in [0.1, 0.15) is 25.0 Å². The first-order valence-corrected chi connectivity index (χ1v) is 24.1. The summed E-state index contributed by atoms with van der Waals surface area (Å²) >= 11 is 0. The topological polar surface area (TPSA) is 13.0 Å². The number of rotatable bonds is 4. The summed E-state index contributed by atoms with van der Waals surface area (Å²) in [6, 6.07) is 81.5. The number of hydrogen-bond donors (Lipinski definition) is 0. The van der Waals surface area contributed by atoms with Crippen LogP contribution >= 0.6 is 0 Å². The highest BCUT2D eigenvalue weighted by atomic mass is 15.3. The maximum atomic E-state index is 2.49. The maximum absolute atomic E-state index is 2.49. The molecule has 69 heavy (non-hydrogen) atoms. The minimum atomic E-state index is -0.238. The first kappa shape index (κ1) is 39.6. The van der Waals surface area contributed by atoms with Crippen LogP contribution < -0.4 is 19.6 Å². The molecule has 0 N–H and O–H groups in total. The van der Waals surface area contributed by atoms with Crippen LogP contribution in [-0.2, 0) is 5.41 Å². The van der Waals surface area contributed by atoms with Gasteiger partial charge in [0.1, 0.15) is 0 Å². The molecule has 3 aliphatic rings. The SMILES string of the molecule is CN1c2ccccc2N(c2ccc3c(-c4cccc5c4C(C)(C)c4ccccc4-5)c4cc(N5c6ccccc6N(C)c6ccccc65)ccc4c(-c4ccc5ccccc5c4)c3c2)c2ccccc21. The van der Waals surface area contributed by atoms with Crippen molar-refractivity contribution in [3.05, 3.63) is 230 Å². The summed E-state index contributed by atoms with van der Waals surface area (Å²) in [6.45, 7) is 4.83. The molecule has 0 atom stereocenters. The van der Waals surface area contributed by atoms with Gasteiger partial charge < -0.3 is 19.6 Å². The summed E-state index contributed by atoms with van der Waals surface area (Å²) in [5, 5.41) is 7.33. The average Bonchev–Trinajstić information content (AvgIpc) is 3.64. The molecule has 0 saturated carbocycles. The molecule has 0 bridgehead atoms. The Bertz CT molecular complexity index is 3860. The Hall–Kier alpha value is -8.60. The first-order valence-electron chi connectivity index (χ1n) is 24.1. The van der Waals surface area contributed by atoms with E-state index in [9.17, 15) is 0 Å². The number of para-hydroxylation sites is 8. The molecule has 328 valence electrons. The Kier molecular flexibility index (Phi) is 8.43. The van der Waals surface area contributed by atoms with E-state index in [0.717, 1.165) is 34.1 Å². The van der Waals surface area contributed by atoms with Gasteiger partial charge in [-0.3, -0.25) is 0 Å². The first-order chi connectivity index (χ1) is 33.8. The smallest absolute Gasteiger partial charge is 0.0699 e. The Balaban J connectivity index is 1.13. The Morgan fingerprint density at radius 3 is 1.32 bits per heavy atom. The number of anilines is 10. The zero-order valence-corrected chi connectivity index (χ0v) is 39.1. The van der Waals surface area contributed by atoms with Crippen LogP contribution in [-0.4, -0.2) is 14.1 Å². The van der Waals surface area contributed by atoms with E-state index in [4.69, 9.17) is 0 Å². The molecule has 4 heteroatoms. The molecule has 0 fully saturated rings. The van der Waals surface area contributed by atoms with Crippen LogP contribution in [0.25, 0.3) is 65.7 Å². The van der Waals surface area contributed by atoms with Crippen LogP contribution in [0.15, 0.2) is 218 Å². The van der Waals surface area contributed by atoms with Gasteiger partial charge in [0.05, 0.1) is 45.5 Å². The van der Waals surface area contributed by atoms with Crippen molar-refractivity contribution in [2.75, 3.05) is 33.7 Å². The summed E-state index contributed by atoms with van der Waals surface area (Å²) in [5.41, 5.74) is 21.7. The standard InChI is InChI=1S/C65H48N4/c1-65(2)53-23-8-7-20-46(53)49-21-17-22-50(64(49)65)63-48-37-35-44(68-58-28-13-9-24-54(58)66(3)55-25-10-14-29-59(55)68)39-51(48)62(43-33-32-41-18-5-6-19-42(41)38-43)47-36-34-45(40-52(47)63)69-60-30-15-11-26-56(60)67(4)57-27-12-16-31-61(57)69/h5-40H,1-4H3. The van der Waals surface area contributed by atoms with Gasteiger partial charge >= 0.3 is 0 Å². The van der Waals surface area contributed by atoms with Gasteiger partial charge in [-0.15, -0.1) is 0 Å². The third-order valence-corrected chi connectivity index (χ3v) is 15.4. The minimum absolute atomic E-state index is 0.238. The summed E-state index contributed by atoms with van der Waals surface area (Å²) in [4.78, 5) is 9.57. The highest BCUT2D eigenvalue weighted by molar-refractivity contribution is 6.24. The zero-order valence-electron chi connectivity index (χ0n) is 39.1. The minimum Gasteiger partial charge on any atom is -0.341 e. The highest BCUT2D eigenvalue weighted by Gasteiger charge is 2.38. The van der Waals surface area contributed by atoms with E-state index in [1.807, 2.05) is 0 Å². The number of fused-ring (bicyclic) bond motifs is 10. The van der Waals surface area contributed by atoms with E-state index in [1.165, 1.54) is 99.6 Å². The maximum Gasteiger partial charge on any atom is 0.0699 e. The molecule has 11 aromatic carbocycles. The molecule has 2 aliphatic heterocycles. The Labute approximate surface area is 403 Å². The van der Waals surface area contributed by atoms with Crippen molar-refractivity contribution in [3.63, 3.8) is 0 Å². The molecular weight excluding hydrogens is 837 g/mol. The summed E-state index contributed by atoms with van der Waals surface area (Å²) in [5.74, 6) is 0. The molecule has 0 aromatic heterocycles. The molecule has 0 amide bonds. The summed E-state index contributed by atoms with van der Waals surface area (Å²) in [7, 11) is 4.36. The number of hydrogen-bond acceptors (Lipinski definition) is 4. The molecular formula is C65H48N4. The van der Waals surface area contributed by atoms with Crippen LogP contribution in [0.3, 0.4) is 0 Å². The van der Waals surface area contributed by atoms with Crippen molar-refractivity contribution in [1.82, 2.24) is 0 Å². The molecule has 0 radical (unpaired) electrons. The normalized spacial score (nSPS) is 14.1. The fourth-order valence-electron chi connectivity index (χ4n) is 12.3. The van der Waals surface area contributed by atoms with Gasteiger partial charge in [0.2, 0.25) is 0 Å². The van der Waals surface area contributed by atoms with Gasteiger partial charge in [0, 0.05) is 30.9 Å². The highest BCUT2D eigenvalue weighted by Crippen LogP contribution is 2.58. The van der Waals surface area contributed by atoms with Gasteiger partial charge in [0.25, 0.3) is 0 Å². The Morgan fingerprint density at radius 2 is 0.754 bits per heavy atom. The third-order valence-electron chi connectivity index (χ3n) is 15.4. The zero-order chi connectivity index (χ0) is 46.1. The molecule has 0 saturated heterocycles. The molecule has 1 aliphatic carbocycles. The Morgan fingerprint density at radius 1 is 0.319 bits per heavy atom. The lowest BCUT2D eigenvalue weighted by atomic mass is 9.76. The van der Waals surface area contributed by atoms with Crippen molar-refractivity contribution in [3.8, 4) is 33.4 Å². The molecule has 4 nitrogen and oxygen atoms in total. The molecule has 11 aromatic rings. The van der Waals surface area contributed by atoms with Crippen LogP contribution in [0, 0.1) is 0 Å². The lowest BCUT2D eigenvalue weighted by Gasteiger charge is -2.39. The summed E-state index contributed by atoms with van der Waals surface area (Å²) < 4.78 is 0. The second-order valence-corrected chi connectivity index (χ2v) is 19.4. The van der Waals surface area contributed by atoms with Crippen molar-refractivity contribution < 1.29 is 0 Å². The van der Waals surface area contributed by atoms with Gasteiger partial charge in [0.15, 0.2) is 0 Å². The van der Waals surface area contributed by atoms with Crippen molar-refractivity contribution in [2.24, 2.45) is 0 Å². The van der Waals surface area contributed by atoms with E-state index in [0.29, 0.717) is 0 Å². The predicted octanol–water partition coefficient (Wildman–Crippen LogP) is 17.9. The van der Waals surface area contributed by atoms with Crippen LogP contribution in [0.5, 0.6) is 0 Å². The van der Waals surface area contributed by atoms with Gasteiger partial charge in [-0.2, -0.15) is 0 Å². The fourth-order valence-corrected chi connectivity index (χ4v) is 12.3. The van der Waals surface area contributed by atoms with Crippen molar-refractivity contribution >= 4 is 89.2 Å². The fraction of sp³-hybridized carbons (Fsp3) is 0.0769. The van der Waals surface area contributed by atoms with E-state index in [1.54, 1.807) is 0 Å². The quantitative estimate of drug-likeness (QED) is 0.163. The molecule has 14 rings (SSSR count). The van der Waals surface area contributed by atoms with E-state index in [2.05, 4.69) is 266 Å². The predicted molar refractivity (Wildman–Crippen MR) is 293 cm³/mol. The lowest BCUT2D eigenvalue weighted by molar-refractivity contribution is 0.662. The van der Waals surface area contributed by atoms with E-state index in [-0.39, 0.29) is 5.41 Å². The second-order valence-electron chi connectivity index (χ2n) is 19.4. The van der Waals surface area contributed by atoms with Crippen LogP contribution in [0.4, 0.5) is 56.9 Å². The second kappa shape index (κ2) is 14.7. The summed E-state index contributed by atoms with van der Waals surface area (Å²) in [6.07, 6.45) is 0. The third kappa shape index (κ3) is 5.63. The van der Waals surface area contributed by atoms with Gasteiger partial charge in [-0.1, -0.05) is 153 Å². The average molecular weight is 885 g/mol. The van der Waals surface area contributed by atoms with E-state index < -0.39 is 0 Å². The van der Waals surface area contributed by atoms with Crippen LogP contribution in [0.2, 0.25) is 0 Å². The van der Waals surface area contributed by atoms with E-state index >= 15 is 0 Å². The van der Waals surface area contributed by atoms with Crippen molar-refractivity contribution in [1.29, 1.82) is 0 Å². The number of benzene rings is 11. The lowest BCUT2D eigenvalue weighted by Crippen LogP contribution is -2.24. The van der Waals surface area contributed by atoms with Gasteiger partial charge in [-0.05, 0) is 156 Å². The molecule has 0 unspecified atom stereocenters. The molecule has 0 spiro atoms. The monoisotopic (exact) mass is 884 g/mol. The van der Waals surface area contributed by atoms with Gasteiger partial charge in [-0.25, -0.2) is 0 Å². The number of nitrogens with zero attached hydrogens (tertiary/aromatic N) is 4. The molecule has 2 heterocycles. The largest absolute Gasteiger partial charge is 0.341 e. The van der Waals surface area contributed by atoms with Crippen molar-refractivity contribution in [2.45, 2.75) is 19.3 Å².